The summed E-state index contributed by atoms with van der Waals surface area (Å²) in [4.78, 5) is 26.2. The molecule has 0 aliphatic heterocycles. The highest BCUT2D eigenvalue weighted by molar-refractivity contribution is 8.00. The third-order valence-corrected chi connectivity index (χ3v) is 3.10. The molecule has 1 heterocycles. The van der Waals surface area contributed by atoms with Crippen molar-refractivity contribution in [2.45, 2.75) is 6.54 Å². The largest absolute Gasteiger partial charge is 0.481 e. The first kappa shape index (κ1) is 12.0. The smallest absolute Gasteiger partial charge is 0.313 e. The van der Waals surface area contributed by atoms with Crippen molar-refractivity contribution in [2.75, 3.05) is 11.5 Å². The SMILES string of the molecule is O=C(O)CSCC(=O)NCc1cncs1. The molecule has 0 saturated heterocycles. The molecule has 0 radical (unpaired) electrons. The number of aromatic nitrogens is 1. The van der Waals surface area contributed by atoms with Gasteiger partial charge in [-0.15, -0.1) is 23.1 Å². The lowest BCUT2D eigenvalue weighted by atomic mass is 10.5. The van der Waals surface area contributed by atoms with E-state index in [0.29, 0.717) is 6.54 Å². The van der Waals surface area contributed by atoms with Crippen molar-refractivity contribution in [3.8, 4) is 0 Å². The number of amides is 1. The van der Waals surface area contributed by atoms with Crippen LogP contribution >= 0.6 is 23.1 Å². The Balaban J connectivity index is 2.11. The number of carbonyl (C=O) groups excluding carboxylic acids is 1. The first-order chi connectivity index (χ1) is 7.18. The molecule has 7 heteroatoms. The number of rotatable bonds is 6. The number of nitrogens with zero attached hydrogens (tertiary/aromatic N) is 1. The number of hydrogen-bond donors (Lipinski definition) is 2. The molecule has 1 amide bonds. The Morgan fingerprint density at radius 1 is 1.53 bits per heavy atom. The predicted octanol–water partition coefficient (Wildman–Crippen LogP) is 0.577. The molecule has 82 valence electrons. The van der Waals surface area contributed by atoms with E-state index in [4.69, 9.17) is 5.11 Å². The Kier molecular flexibility index (Phi) is 5.13. The number of carboxylic acids is 1. The van der Waals surface area contributed by atoms with E-state index in [1.807, 2.05) is 0 Å². The van der Waals surface area contributed by atoms with Gasteiger partial charge in [-0.1, -0.05) is 0 Å². The van der Waals surface area contributed by atoms with Gasteiger partial charge in [-0.05, 0) is 0 Å². The highest BCUT2D eigenvalue weighted by atomic mass is 32.2. The molecule has 0 aliphatic carbocycles. The summed E-state index contributed by atoms with van der Waals surface area (Å²) in [6.07, 6.45) is 1.69. The molecule has 15 heavy (non-hydrogen) atoms. The van der Waals surface area contributed by atoms with Gasteiger partial charge in [-0.25, -0.2) is 0 Å². The van der Waals surface area contributed by atoms with Crippen LogP contribution in [0.4, 0.5) is 0 Å². The summed E-state index contributed by atoms with van der Waals surface area (Å²) in [7, 11) is 0. The molecule has 1 rings (SSSR count). The highest BCUT2D eigenvalue weighted by Gasteiger charge is 2.04. The minimum absolute atomic E-state index is 0.0476. The molecule has 1 aromatic heterocycles. The maximum absolute atomic E-state index is 11.2. The van der Waals surface area contributed by atoms with Gasteiger partial charge in [0.2, 0.25) is 5.91 Å². The van der Waals surface area contributed by atoms with Gasteiger partial charge >= 0.3 is 5.97 Å². The molecule has 0 aromatic carbocycles. The number of nitrogens with one attached hydrogen (secondary N) is 1. The Labute approximate surface area is 94.9 Å². The molecule has 0 bridgehead atoms. The first-order valence-electron chi connectivity index (χ1n) is 4.12. The zero-order chi connectivity index (χ0) is 11.1. The lowest BCUT2D eigenvalue weighted by molar-refractivity contribution is -0.133. The molecule has 1 aromatic rings. The van der Waals surface area contributed by atoms with Gasteiger partial charge in [0.1, 0.15) is 0 Å². The van der Waals surface area contributed by atoms with E-state index >= 15 is 0 Å². The summed E-state index contributed by atoms with van der Waals surface area (Å²) in [5.74, 6) is -0.941. The van der Waals surface area contributed by atoms with E-state index in [1.165, 1.54) is 11.3 Å². The van der Waals surface area contributed by atoms with Gasteiger partial charge in [0.25, 0.3) is 0 Å². The molecular formula is C8H10N2O3S2. The van der Waals surface area contributed by atoms with Crippen LogP contribution in [0.15, 0.2) is 11.7 Å². The number of thioether (sulfide) groups is 1. The minimum atomic E-state index is -0.907. The average Bonchev–Trinajstić information content (AvgIpc) is 2.66. The van der Waals surface area contributed by atoms with Crippen molar-refractivity contribution in [3.05, 3.63) is 16.6 Å². The Hall–Kier alpha value is -1.08. The van der Waals surface area contributed by atoms with Crippen LogP contribution in [0.2, 0.25) is 0 Å². The van der Waals surface area contributed by atoms with E-state index in [2.05, 4.69) is 10.3 Å². The summed E-state index contributed by atoms with van der Waals surface area (Å²) in [5.41, 5.74) is 1.70. The summed E-state index contributed by atoms with van der Waals surface area (Å²) in [6, 6.07) is 0. The van der Waals surface area contributed by atoms with E-state index in [0.717, 1.165) is 16.6 Å². The van der Waals surface area contributed by atoms with Crippen LogP contribution < -0.4 is 5.32 Å². The van der Waals surface area contributed by atoms with Crippen LogP contribution in [0.25, 0.3) is 0 Å². The van der Waals surface area contributed by atoms with Crippen molar-refractivity contribution < 1.29 is 14.7 Å². The summed E-state index contributed by atoms with van der Waals surface area (Å²) in [5, 5.41) is 11.0. The third kappa shape index (κ3) is 5.38. The fourth-order valence-electron chi connectivity index (χ4n) is 0.797. The van der Waals surface area contributed by atoms with E-state index in [9.17, 15) is 9.59 Å². The second-order valence-electron chi connectivity index (χ2n) is 2.63. The summed E-state index contributed by atoms with van der Waals surface area (Å²) >= 11 is 2.55. The van der Waals surface area contributed by atoms with Gasteiger partial charge in [-0.3, -0.25) is 14.6 Å². The third-order valence-electron chi connectivity index (χ3n) is 1.40. The quantitative estimate of drug-likeness (QED) is 0.767. The molecule has 2 N–H and O–H groups in total. The Morgan fingerprint density at radius 2 is 2.33 bits per heavy atom. The van der Waals surface area contributed by atoms with Gasteiger partial charge < -0.3 is 10.4 Å². The molecule has 0 unspecified atom stereocenters. The standard InChI is InChI=1S/C8H10N2O3S2/c11-7(3-14-4-8(12)13)10-2-6-1-9-5-15-6/h1,5H,2-4H2,(H,10,11)(H,12,13). The molecule has 0 spiro atoms. The zero-order valence-corrected chi connectivity index (χ0v) is 9.44. The first-order valence-corrected chi connectivity index (χ1v) is 6.15. The van der Waals surface area contributed by atoms with Gasteiger partial charge in [0.15, 0.2) is 0 Å². The summed E-state index contributed by atoms with van der Waals surface area (Å²) < 4.78 is 0. The van der Waals surface area contributed by atoms with E-state index in [1.54, 1.807) is 11.7 Å². The number of aliphatic carboxylic acids is 1. The monoisotopic (exact) mass is 246 g/mol. The van der Waals surface area contributed by atoms with Crippen LogP contribution in [0.3, 0.4) is 0 Å². The topological polar surface area (TPSA) is 79.3 Å². The fourth-order valence-corrected chi connectivity index (χ4v) is 1.90. The van der Waals surface area contributed by atoms with Crippen molar-refractivity contribution in [1.29, 1.82) is 0 Å². The zero-order valence-electron chi connectivity index (χ0n) is 7.80. The van der Waals surface area contributed by atoms with Crippen LogP contribution in [-0.2, 0) is 16.1 Å². The van der Waals surface area contributed by atoms with Crippen molar-refractivity contribution in [2.24, 2.45) is 0 Å². The van der Waals surface area contributed by atoms with Gasteiger partial charge in [0, 0.05) is 11.1 Å². The van der Waals surface area contributed by atoms with E-state index < -0.39 is 5.97 Å². The van der Waals surface area contributed by atoms with Crippen LogP contribution in [0.1, 0.15) is 4.88 Å². The number of thiazole rings is 1. The van der Waals surface area contributed by atoms with Crippen LogP contribution in [-0.4, -0.2) is 33.5 Å². The maximum atomic E-state index is 11.2. The molecular weight excluding hydrogens is 236 g/mol. The highest BCUT2D eigenvalue weighted by Crippen LogP contribution is 2.04. The van der Waals surface area contributed by atoms with Crippen LogP contribution in [0, 0.1) is 0 Å². The summed E-state index contributed by atoms with van der Waals surface area (Å²) in [6.45, 7) is 0.455. The van der Waals surface area contributed by atoms with Crippen molar-refractivity contribution in [3.63, 3.8) is 0 Å². The van der Waals surface area contributed by atoms with Gasteiger partial charge in [0.05, 0.1) is 23.6 Å². The Bertz CT molecular complexity index is 327. The Morgan fingerprint density at radius 3 is 2.93 bits per heavy atom. The number of carboxylic acid groups (broad SMARTS) is 1. The van der Waals surface area contributed by atoms with E-state index in [-0.39, 0.29) is 17.4 Å². The average molecular weight is 246 g/mol. The lowest BCUT2D eigenvalue weighted by Gasteiger charge is -2.01. The predicted molar refractivity (Wildman–Crippen MR) is 58.9 cm³/mol. The minimum Gasteiger partial charge on any atom is -0.481 e. The molecule has 5 nitrogen and oxygen atoms in total. The van der Waals surface area contributed by atoms with Gasteiger partial charge in [-0.2, -0.15) is 0 Å². The molecule has 0 fully saturated rings. The fraction of sp³-hybridized carbons (Fsp3) is 0.375. The van der Waals surface area contributed by atoms with Crippen molar-refractivity contribution >= 4 is 35.0 Å². The molecule has 0 atom stereocenters. The van der Waals surface area contributed by atoms with Crippen molar-refractivity contribution in [1.82, 2.24) is 10.3 Å². The maximum Gasteiger partial charge on any atom is 0.313 e. The number of hydrogen-bond acceptors (Lipinski definition) is 5. The normalized spacial score (nSPS) is 9.87. The number of carbonyl (C=O) groups is 2. The lowest BCUT2D eigenvalue weighted by Crippen LogP contribution is -2.24. The second-order valence-corrected chi connectivity index (χ2v) is 4.59. The second kappa shape index (κ2) is 6.41. The molecule has 0 saturated carbocycles. The van der Waals surface area contributed by atoms with Crippen LogP contribution in [0.5, 0.6) is 0 Å². The molecule has 0 aliphatic rings.